The monoisotopic (exact) mass is 1620 g/mol. The van der Waals surface area contributed by atoms with Gasteiger partial charge < -0.3 is 53.9 Å². The predicted octanol–water partition coefficient (Wildman–Crippen LogP) is 15.9. The van der Waals surface area contributed by atoms with Gasteiger partial charge in [-0.3, -0.25) is 10.1 Å². The molecular weight excluding hydrogens is 1540 g/mol. The summed E-state index contributed by atoms with van der Waals surface area (Å²) in [7, 11) is -7.74. The van der Waals surface area contributed by atoms with Crippen molar-refractivity contribution in [2.45, 2.75) is 26.5 Å². The fourth-order valence-corrected chi connectivity index (χ4v) is 12.3. The van der Waals surface area contributed by atoms with Gasteiger partial charge in [-0.1, -0.05) is 64.4 Å². The normalized spacial score (nSPS) is 10.4. The van der Waals surface area contributed by atoms with E-state index in [0.717, 1.165) is 66.0 Å². The lowest BCUT2D eigenvalue weighted by Gasteiger charge is -2.22. The second kappa shape index (κ2) is 53.5. The van der Waals surface area contributed by atoms with Crippen molar-refractivity contribution in [3.8, 4) is 17.2 Å². The number of aryl methyl sites for hydroxylation is 3. The molecule has 7 aromatic rings. The van der Waals surface area contributed by atoms with Crippen LogP contribution in [-0.4, -0.2) is 168 Å². The third kappa shape index (κ3) is 38.9. The molecule has 0 atom stereocenters. The van der Waals surface area contributed by atoms with E-state index in [1.54, 1.807) is 48.5 Å². The smallest absolute Gasteiger partial charge is 0.328 e. The Labute approximate surface area is 634 Å². The molecule has 18 nitrogen and oxygen atoms in total. The summed E-state index contributed by atoms with van der Waals surface area (Å²) in [5.41, 5.74) is 15.1. The SMILES string of the molecule is Cc1ccc(N(CCCl)CCCl)cc1.Cc1ccc(N(CCO)CCO)cc1.Cc1ccc(N)cc1.Cl.Cl.O=S(=O)(CCl)Oc1ccc(N(CCCl)CCCl)cc1.O=[N+]([O-])c1sccc1CS(=O)(=O)Oc1ccc(N(CCCl)CCCl)cc1.Oc1ccc(N(CCCl)CCCl)cc1. The van der Waals surface area contributed by atoms with Crippen molar-refractivity contribution < 1.29 is 45.4 Å². The number of nitrogens with two attached hydrogens (primary N) is 1. The first-order chi connectivity index (χ1) is 45.5. The minimum absolute atomic E-state index is 0. The number of hydrogen-bond acceptors (Lipinski definition) is 18. The summed E-state index contributed by atoms with van der Waals surface area (Å²) in [6, 6.07) is 45.8. The number of aliphatic hydroxyl groups is 2. The van der Waals surface area contributed by atoms with Crippen molar-refractivity contribution in [3.63, 3.8) is 0 Å². The molecular formula is C65H86Cl11N7O11S3. The molecule has 0 radical (unpaired) electrons. The Morgan fingerprint density at radius 3 is 0.969 bits per heavy atom. The van der Waals surface area contributed by atoms with Gasteiger partial charge in [-0.05, 0) is 141 Å². The van der Waals surface area contributed by atoms with Gasteiger partial charge in [-0.25, -0.2) is 0 Å². The third-order valence-electron chi connectivity index (χ3n) is 12.9. The van der Waals surface area contributed by atoms with Crippen LogP contribution in [0.2, 0.25) is 0 Å². The molecule has 0 bridgehead atoms. The molecule has 0 saturated carbocycles. The van der Waals surface area contributed by atoms with E-state index in [2.05, 4.69) is 41.0 Å². The van der Waals surface area contributed by atoms with Gasteiger partial charge in [0.15, 0.2) is 5.21 Å². The number of hydrogen-bond donors (Lipinski definition) is 4. The molecule has 97 heavy (non-hydrogen) atoms. The number of halogens is 11. The second-order valence-corrected chi connectivity index (χ2v) is 27.7. The van der Waals surface area contributed by atoms with Crippen molar-refractivity contribution in [1.82, 2.24) is 0 Å². The van der Waals surface area contributed by atoms with Gasteiger partial charge in [-0.15, -0.1) is 129 Å². The number of phenols is 1. The number of nitrogens with zero attached hydrogens (tertiary/aromatic N) is 6. The van der Waals surface area contributed by atoms with Crippen molar-refractivity contribution >= 4 is 200 Å². The fraction of sp³-hybridized carbons (Fsp3) is 0.385. The highest BCUT2D eigenvalue weighted by Gasteiger charge is 2.23. The van der Waals surface area contributed by atoms with Crippen molar-refractivity contribution in [2.75, 3.05) is 161 Å². The van der Waals surface area contributed by atoms with Crippen LogP contribution < -0.4 is 38.6 Å². The number of nitrogen functional groups attached to an aromatic ring is 1. The number of alkyl halides is 9. The first-order valence-electron chi connectivity index (χ1n) is 29.5. The topological polar surface area (TPSA) is 233 Å². The number of nitro groups is 1. The molecule has 0 saturated heterocycles. The Hall–Kier alpha value is -4.37. The lowest BCUT2D eigenvalue weighted by atomic mass is 10.2. The van der Waals surface area contributed by atoms with Crippen molar-refractivity contribution in [3.05, 3.63) is 189 Å². The van der Waals surface area contributed by atoms with E-state index >= 15 is 0 Å². The maximum Gasteiger partial charge on any atom is 0.328 e. The van der Waals surface area contributed by atoms with Crippen molar-refractivity contribution in [2.24, 2.45) is 0 Å². The standard InChI is InChI=1S/C15H16Cl2N2O5S2.C11H14Cl3NO3S.C11H15Cl2N.C11H17NO2.C10H13Cl2NO.C7H9N.2ClH/c16-6-8-18(9-7-17)13-1-3-14(4-2-13)24-26(22,23)11-12-5-10-25-15(12)19(20)21;12-5-7-15(8-6-13)10-1-3-11(4-2-10)18-19(16,17)9-14;1-10-2-4-11(5-3-10)14(8-6-12)9-7-13;1-10-2-4-11(5-3-10)12(6-8-13)7-9-14;11-5-7-13(8-6-12)9-1-3-10(14)4-2-9;1-6-2-4-7(8)5-3-6;;/h1-5,10H,6-9,11H2;1-4H,5-9H2;2-5H,6-9H2,1H3;2-5,13-14H,6-9H2,1H3;1-4,14H,5-8H2;2-5H,8H2,1H3;2*1H. The zero-order valence-electron chi connectivity index (χ0n) is 53.9. The first kappa shape index (κ1) is 92.6. The summed E-state index contributed by atoms with van der Waals surface area (Å²) >= 11 is 51.9. The van der Waals surface area contributed by atoms with E-state index in [4.69, 9.17) is 134 Å². The van der Waals surface area contributed by atoms with Gasteiger partial charge >= 0.3 is 25.2 Å². The maximum absolute atomic E-state index is 12.2. The number of anilines is 6. The number of thiophene rings is 1. The number of aliphatic hydroxyl groups excluding tert-OH is 2. The average molecular weight is 1630 g/mol. The highest BCUT2D eigenvalue weighted by atomic mass is 35.5. The van der Waals surface area contributed by atoms with Crippen LogP contribution in [0.15, 0.2) is 157 Å². The molecule has 542 valence electrons. The molecule has 1 heterocycles. The van der Waals surface area contributed by atoms with Crippen LogP contribution in [0, 0.1) is 30.9 Å². The Bertz CT molecular complexity index is 3200. The molecule has 0 aliphatic rings. The van der Waals surface area contributed by atoms with Gasteiger partial charge in [0.25, 0.3) is 0 Å². The van der Waals surface area contributed by atoms with Gasteiger partial charge in [0.1, 0.15) is 23.0 Å². The average Bonchev–Trinajstić information content (AvgIpc) is 1.82. The first-order valence-corrected chi connectivity index (χ1v) is 38.3. The maximum atomic E-state index is 12.2. The number of benzene rings is 6. The van der Waals surface area contributed by atoms with Gasteiger partial charge in [-0.2, -0.15) is 16.8 Å². The summed E-state index contributed by atoms with van der Waals surface area (Å²) < 4.78 is 56.6. The summed E-state index contributed by atoms with van der Waals surface area (Å²) in [5, 5.41) is 38.4. The van der Waals surface area contributed by atoms with E-state index in [1.165, 1.54) is 46.0 Å². The molecule has 5 N–H and O–H groups in total. The molecule has 0 spiro atoms. The summed E-state index contributed by atoms with van der Waals surface area (Å²) in [4.78, 5) is 20.5. The Balaban J connectivity index is 0.00000117. The van der Waals surface area contributed by atoms with E-state index in [9.17, 15) is 26.9 Å². The zero-order chi connectivity index (χ0) is 70.6. The second-order valence-electron chi connectivity index (χ2n) is 20.0. The van der Waals surface area contributed by atoms with E-state index in [-0.39, 0.29) is 65.8 Å². The largest absolute Gasteiger partial charge is 0.508 e. The van der Waals surface area contributed by atoms with E-state index in [0.29, 0.717) is 86.3 Å². The molecule has 0 amide bonds. The van der Waals surface area contributed by atoms with Gasteiger partial charge in [0.05, 0.1) is 23.7 Å². The minimum atomic E-state index is -4.02. The predicted molar refractivity (Wildman–Crippen MR) is 419 cm³/mol. The van der Waals surface area contributed by atoms with Crippen LogP contribution in [0.1, 0.15) is 22.3 Å². The summed E-state index contributed by atoms with van der Waals surface area (Å²) in [6.07, 6.45) is 0. The molecule has 6 aromatic carbocycles. The van der Waals surface area contributed by atoms with Crippen LogP contribution >= 0.6 is 141 Å². The molecule has 32 heteroatoms. The van der Waals surface area contributed by atoms with Crippen LogP contribution in [-0.2, 0) is 26.0 Å². The summed E-state index contributed by atoms with van der Waals surface area (Å²) in [5.74, 6) is 4.27. The van der Waals surface area contributed by atoms with Gasteiger partial charge in [0.2, 0.25) is 0 Å². The Kier molecular flexibility index (Phi) is 51.1. The van der Waals surface area contributed by atoms with Crippen LogP contribution in [0.25, 0.3) is 0 Å². The molecule has 1 aromatic heterocycles. The molecule has 0 fully saturated rings. The fourth-order valence-electron chi connectivity index (χ4n) is 8.21. The molecule has 7 rings (SSSR count). The molecule has 0 unspecified atom stereocenters. The Morgan fingerprint density at radius 2 is 0.701 bits per heavy atom. The zero-order valence-corrected chi connectivity index (χ0v) is 64.8. The van der Waals surface area contributed by atoms with E-state index < -0.39 is 36.1 Å². The van der Waals surface area contributed by atoms with Crippen LogP contribution in [0.5, 0.6) is 17.2 Å². The van der Waals surface area contributed by atoms with Crippen molar-refractivity contribution in [1.29, 1.82) is 0 Å². The quantitative estimate of drug-likeness (QED) is 0.00984. The molecule has 0 aliphatic carbocycles. The number of aromatic hydroxyl groups is 1. The Morgan fingerprint density at radius 1 is 0.433 bits per heavy atom. The number of rotatable bonds is 33. The lowest BCUT2D eigenvalue weighted by Crippen LogP contribution is -2.29. The molecule has 0 aliphatic heterocycles. The highest BCUT2D eigenvalue weighted by Crippen LogP contribution is 2.29. The van der Waals surface area contributed by atoms with Crippen LogP contribution in [0.3, 0.4) is 0 Å². The number of phenolic OH excluding ortho intramolecular Hbond substituents is 1. The van der Waals surface area contributed by atoms with Crippen LogP contribution in [0.4, 0.5) is 39.1 Å². The lowest BCUT2D eigenvalue weighted by molar-refractivity contribution is -0.380. The minimum Gasteiger partial charge on any atom is -0.508 e. The third-order valence-corrected chi connectivity index (χ3v) is 17.8. The summed E-state index contributed by atoms with van der Waals surface area (Å²) in [6.45, 7) is 13.2. The van der Waals surface area contributed by atoms with Gasteiger partial charge in [0, 0.05) is 147 Å². The highest BCUT2D eigenvalue weighted by molar-refractivity contribution is 7.88. The van der Waals surface area contributed by atoms with E-state index in [1.807, 2.05) is 89.2 Å².